The molecule has 1 aliphatic heterocycles. The molecule has 0 radical (unpaired) electrons. The fourth-order valence-electron chi connectivity index (χ4n) is 2.52. The Hall–Kier alpha value is -1.99. The Labute approximate surface area is 123 Å². The maximum Gasteiger partial charge on any atom is 0.231 e. The molecule has 7 nitrogen and oxygen atoms in total. The van der Waals surface area contributed by atoms with Gasteiger partial charge in [0.15, 0.2) is 11.5 Å². The Bertz CT molecular complexity index is 513. The van der Waals surface area contributed by atoms with E-state index in [4.69, 9.17) is 5.73 Å². The number of nitrogens with zero attached hydrogens (tertiary/aromatic N) is 1. The average molecular weight is 295 g/mol. The molecular weight excluding hydrogens is 274 g/mol. The molecule has 0 spiro atoms. The number of phenolic OH excluding ortho intramolecular Hbond substituents is 3. The van der Waals surface area contributed by atoms with E-state index in [1.54, 1.807) is 6.07 Å². The van der Waals surface area contributed by atoms with Crippen LogP contribution in [-0.2, 0) is 11.3 Å². The Morgan fingerprint density at radius 3 is 2.52 bits per heavy atom. The first-order valence-corrected chi connectivity index (χ1v) is 6.94. The van der Waals surface area contributed by atoms with Gasteiger partial charge in [0.2, 0.25) is 11.7 Å². The number of aromatic hydroxyl groups is 3. The van der Waals surface area contributed by atoms with Gasteiger partial charge in [0, 0.05) is 31.2 Å². The zero-order valence-corrected chi connectivity index (χ0v) is 11.7. The molecule has 0 atom stereocenters. The standard InChI is InChI=1S/C14H21N3O4/c15-12(19)8-17-5-3-10(4-6-17)16-7-9-1-2-11(18)14(21)13(9)20/h1-2,10,16,18,20-21H,3-8H2,(H2,15,19). The van der Waals surface area contributed by atoms with Gasteiger partial charge in [-0.1, -0.05) is 6.07 Å². The van der Waals surface area contributed by atoms with Gasteiger partial charge in [0.1, 0.15) is 0 Å². The van der Waals surface area contributed by atoms with Crippen molar-refractivity contribution in [3.8, 4) is 17.2 Å². The topological polar surface area (TPSA) is 119 Å². The molecule has 0 aliphatic carbocycles. The van der Waals surface area contributed by atoms with Crippen LogP contribution in [0.15, 0.2) is 12.1 Å². The van der Waals surface area contributed by atoms with Crippen molar-refractivity contribution in [2.24, 2.45) is 5.73 Å². The van der Waals surface area contributed by atoms with Crippen LogP contribution in [0.25, 0.3) is 0 Å². The van der Waals surface area contributed by atoms with Gasteiger partial charge in [-0.3, -0.25) is 9.69 Å². The van der Waals surface area contributed by atoms with Crippen LogP contribution in [-0.4, -0.2) is 51.8 Å². The lowest BCUT2D eigenvalue weighted by Crippen LogP contribution is -2.45. The van der Waals surface area contributed by atoms with Crippen molar-refractivity contribution in [3.05, 3.63) is 17.7 Å². The summed E-state index contributed by atoms with van der Waals surface area (Å²) in [7, 11) is 0. The molecule has 0 bridgehead atoms. The van der Waals surface area contributed by atoms with Gasteiger partial charge < -0.3 is 26.4 Å². The summed E-state index contributed by atoms with van der Waals surface area (Å²) in [6.07, 6.45) is 1.77. The molecule has 116 valence electrons. The molecular formula is C14H21N3O4. The maximum absolute atomic E-state index is 10.8. The molecule has 1 fully saturated rings. The molecule has 6 N–H and O–H groups in total. The fraction of sp³-hybridized carbons (Fsp3) is 0.500. The number of phenols is 3. The number of carbonyl (C=O) groups is 1. The monoisotopic (exact) mass is 295 g/mol. The van der Waals surface area contributed by atoms with E-state index >= 15 is 0 Å². The highest BCUT2D eigenvalue weighted by Crippen LogP contribution is 2.36. The van der Waals surface area contributed by atoms with Crippen LogP contribution in [0.2, 0.25) is 0 Å². The predicted octanol–water partition coefficient (Wildman–Crippen LogP) is -0.157. The van der Waals surface area contributed by atoms with Crippen molar-refractivity contribution >= 4 is 5.91 Å². The SMILES string of the molecule is NC(=O)CN1CCC(NCc2ccc(O)c(O)c2O)CC1. The highest BCUT2D eigenvalue weighted by atomic mass is 16.3. The second kappa shape index (κ2) is 6.64. The fourth-order valence-corrected chi connectivity index (χ4v) is 2.52. The minimum atomic E-state index is -0.495. The molecule has 0 aromatic heterocycles. The lowest BCUT2D eigenvalue weighted by atomic mass is 10.0. The molecule has 1 heterocycles. The Morgan fingerprint density at radius 2 is 1.90 bits per heavy atom. The first-order chi connectivity index (χ1) is 9.97. The van der Waals surface area contributed by atoms with E-state index in [1.807, 2.05) is 4.90 Å². The third-order valence-electron chi connectivity index (χ3n) is 3.76. The number of likely N-dealkylation sites (tertiary alicyclic amines) is 1. The molecule has 1 aliphatic rings. The summed E-state index contributed by atoms with van der Waals surface area (Å²) in [5, 5.41) is 31.8. The number of carbonyl (C=O) groups excluding carboxylic acids is 1. The zero-order chi connectivity index (χ0) is 15.4. The highest BCUT2D eigenvalue weighted by molar-refractivity contribution is 5.75. The Morgan fingerprint density at radius 1 is 1.24 bits per heavy atom. The van der Waals surface area contributed by atoms with Crippen molar-refractivity contribution < 1.29 is 20.1 Å². The number of hydrogen-bond donors (Lipinski definition) is 5. The van der Waals surface area contributed by atoms with Crippen molar-refractivity contribution in [2.75, 3.05) is 19.6 Å². The minimum Gasteiger partial charge on any atom is -0.504 e. The summed E-state index contributed by atoms with van der Waals surface area (Å²) in [6, 6.07) is 3.20. The summed E-state index contributed by atoms with van der Waals surface area (Å²) in [5.41, 5.74) is 5.70. The number of amides is 1. The quantitative estimate of drug-likeness (QED) is 0.482. The molecule has 0 saturated carbocycles. The van der Waals surface area contributed by atoms with Gasteiger partial charge in [-0.15, -0.1) is 0 Å². The second-order valence-electron chi connectivity index (χ2n) is 5.34. The van der Waals surface area contributed by atoms with Gasteiger partial charge in [-0.25, -0.2) is 0 Å². The van der Waals surface area contributed by atoms with Crippen LogP contribution in [0.4, 0.5) is 0 Å². The van der Waals surface area contributed by atoms with E-state index in [-0.39, 0.29) is 23.4 Å². The van der Waals surface area contributed by atoms with Crippen molar-refractivity contribution in [3.63, 3.8) is 0 Å². The lowest BCUT2D eigenvalue weighted by molar-refractivity contribution is -0.119. The number of nitrogens with two attached hydrogens (primary N) is 1. The van der Waals surface area contributed by atoms with Gasteiger partial charge in [-0.05, 0) is 18.9 Å². The third-order valence-corrected chi connectivity index (χ3v) is 3.76. The number of hydrogen-bond acceptors (Lipinski definition) is 6. The van der Waals surface area contributed by atoms with E-state index in [2.05, 4.69) is 5.32 Å². The third kappa shape index (κ3) is 3.99. The van der Waals surface area contributed by atoms with Crippen LogP contribution >= 0.6 is 0 Å². The molecule has 1 aromatic carbocycles. The summed E-state index contributed by atoms with van der Waals surface area (Å²) >= 11 is 0. The van der Waals surface area contributed by atoms with Gasteiger partial charge in [-0.2, -0.15) is 0 Å². The van der Waals surface area contributed by atoms with E-state index < -0.39 is 5.75 Å². The number of nitrogens with one attached hydrogen (secondary N) is 1. The smallest absolute Gasteiger partial charge is 0.231 e. The van der Waals surface area contributed by atoms with E-state index in [9.17, 15) is 20.1 Å². The number of primary amides is 1. The largest absolute Gasteiger partial charge is 0.504 e. The highest BCUT2D eigenvalue weighted by Gasteiger charge is 2.20. The summed E-state index contributed by atoms with van der Waals surface area (Å²) < 4.78 is 0. The molecule has 0 unspecified atom stereocenters. The van der Waals surface area contributed by atoms with E-state index in [1.165, 1.54) is 6.07 Å². The number of benzene rings is 1. The summed E-state index contributed by atoms with van der Waals surface area (Å²) in [6.45, 7) is 2.29. The van der Waals surface area contributed by atoms with Crippen molar-refractivity contribution in [1.82, 2.24) is 10.2 Å². The Kier molecular flexibility index (Phi) is 4.87. The first-order valence-electron chi connectivity index (χ1n) is 6.94. The zero-order valence-electron chi connectivity index (χ0n) is 11.7. The molecule has 7 heteroatoms. The van der Waals surface area contributed by atoms with Crippen LogP contribution < -0.4 is 11.1 Å². The lowest BCUT2D eigenvalue weighted by Gasteiger charge is -2.31. The normalized spacial score (nSPS) is 17.0. The predicted molar refractivity (Wildman–Crippen MR) is 76.9 cm³/mol. The average Bonchev–Trinajstić information content (AvgIpc) is 2.45. The van der Waals surface area contributed by atoms with E-state index in [0.29, 0.717) is 18.7 Å². The molecule has 1 aromatic rings. The van der Waals surface area contributed by atoms with Crippen LogP contribution in [0.1, 0.15) is 18.4 Å². The minimum absolute atomic E-state index is 0.282. The maximum atomic E-state index is 10.8. The number of rotatable bonds is 5. The molecule has 21 heavy (non-hydrogen) atoms. The van der Waals surface area contributed by atoms with Crippen LogP contribution in [0.3, 0.4) is 0 Å². The summed E-state index contributed by atoms with van der Waals surface area (Å²) in [5.74, 6) is -1.44. The van der Waals surface area contributed by atoms with Gasteiger partial charge in [0.25, 0.3) is 0 Å². The van der Waals surface area contributed by atoms with Gasteiger partial charge in [0.05, 0.1) is 6.54 Å². The number of piperidine rings is 1. The van der Waals surface area contributed by atoms with Gasteiger partial charge >= 0.3 is 0 Å². The molecule has 1 saturated heterocycles. The first kappa shape index (κ1) is 15.4. The molecule has 2 rings (SSSR count). The Balaban J connectivity index is 1.82. The van der Waals surface area contributed by atoms with Crippen molar-refractivity contribution in [1.29, 1.82) is 0 Å². The summed E-state index contributed by atoms with van der Waals surface area (Å²) in [4.78, 5) is 12.9. The van der Waals surface area contributed by atoms with Crippen LogP contribution in [0, 0.1) is 0 Å². The molecule has 1 amide bonds. The van der Waals surface area contributed by atoms with E-state index in [0.717, 1.165) is 25.9 Å². The van der Waals surface area contributed by atoms with Crippen LogP contribution in [0.5, 0.6) is 17.2 Å². The van der Waals surface area contributed by atoms with Crippen molar-refractivity contribution in [2.45, 2.75) is 25.4 Å². The second-order valence-corrected chi connectivity index (χ2v) is 5.34.